The number of carbonyl (C=O) groups excluding carboxylic acids is 1. The highest BCUT2D eigenvalue weighted by Gasteiger charge is 2.26. The van der Waals surface area contributed by atoms with Gasteiger partial charge in [0.15, 0.2) is 0 Å². The average Bonchev–Trinajstić information content (AvgIpc) is 2.91. The number of nitrogens with zero attached hydrogens (tertiary/aromatic N) is 1. The molecule has 5 nitrogen and oxygen atoms in total. The van der Waals surface area contributed by atoms with Crippen LogP contribution in [0.2, 0.25) is 0 Å². The standard InChI is InChI=1S/C14H19N3O2/c15-12-4-1-5-13-11(12)3-2-7-17(13)14(18)16-10-6-8-19-9-10/h1,4-5,10H,2-3,6-9,15H2,(H,16,18). The first-order valence-electron chi connectivity index (χ1n) is 6.79. The number of nitrogens with two attached hydrogens (primary N) is 1. The van der Waals surface area contributed by atoms with Gasteiger partial charge in [0.05, 0.1) is 18.3 Å². The van der Waals surface area contributed by atoms with Crippen LogP contribution in [0.1, 0.15) is 18.4 Å². The van der Waals surface area contributed by atoms with Crippen LogP contribution in [0.4, 0.5) is 16.2 Å². The molecule has 2 aliphatic rings. The Labute approximate surface area is 112 Å². The number of hydrogen-bond acceptors (Lipinski definition) is 3. The fourth-order valence-corrected chi connectivity index (χ4v) is 2.76. The molecule has 0 radical (unpaired) electrons. The minimum atomic E-state index is -0.0398. The van der Waals surface area contributed by atoms with Gasteiger partial charge < -0.3 is 15.8 Å². The summed E-state index contributed by atoms with van der Waals surface area (Å²) >= 11 is 0. The number of urea groups is 1. The topological polar surface area (TPSA) is 67.6 Å². The lowest BCUT2D eigenvalue weighted by molar-refractivity contribution is 0.189. The quantitative estimate of drug-likeness (QED) is 0.753. The van der Waals surface area contributed by atoms with Gasteiger partial charge in [-0.25, -0.2) is 4.79 Å². The van der Waals surface area contributed by atoms with E-state index >= 15 is 0 Å². The van der Waals surface area contributed by atoms with E-state index in [1.807, 2.05) is 18.2 Å². The Balaban J connectivity index is 1.79. The minimum absolute atomic E-state index is 0.0398. The highest BCUT2D eigenvalue weighted by Crippen LogP contribution is 2.31. The third-order valence-corrected chi connectivity index (χ3v) is 3.79. The molecule has 2 heterocycles. The minimum Gasteiger partial charge on any atom is -0.398 e. The van der Waals surface area contributed by atoms with Gasteiger partial charge in [-0.15, -0.1) is 0 Å². The predicted octanol–water partition coefficient (Wildman–Crippen LogP) is 1.52. The molecule has 102 valence electrons. The number of nitrogen functional groups attached to an aromatic ring is 1. The maximum absolute atomic E-state index is 12.3. The van der Waals surface area contributed by atoms with Gasteiger partial charge in [-0.3, -0.25) is 4.90 Å². The maximum Gasteiger partial charge on any atom is 0.322 e. The zero-order valence-electron chi connectivity index (χ0n) is 10.9. The fourth-order valence-electron chi connectivity index (χ4n) is 2.76. The Bertz CT molecular complexity index is 484. The van der Waals surface area contributed by atoms with E-state index in [1.165, 1.54) is 0 Å². The number of anilines is 2. The number of rotatable bonds is 1. The van der Waals surface area contributed by atoms with Gasteiger partial charge in [-0.1, -0.05) is 6.07 Å². The van der Waals surface area contributed by atoms with Crippen molar-refractivity contribution >= 4 is 17.4 Å². The summed E-state index contributed by atoms with van der Waals surface area (Å²) in [6, 6.07) is 5.86. The van der Waals surface area contributed by atoms with Gasteiger partial charge in [0, 0.05) is 18.8 Å². The van der Waals surface area contributed by atoms with Crippen LogP contribution in [-0.4, -0.2) is 31.8 Å². The third-order valence-electron chi connectivity index (χ3n) is 3.79. The molecule has 0 aromatic heterocycles. The number of nitrogens with one attached hydrogen (secondary N) is 1. The van der Waals surface area contributed by atoms with Crippen LogP contribution in [0.5, 0.6) is 0 Å². The molecule has 1 aromatic carbocycles. The van der Waals surface area contributed by atoms with E-state index in [2.05, 4.69) is 5.32 Å². The van der Waals surface area contributed by atoms with Gasteiger partial charge in [-0.2, -0.15) is 0 Å². The second-order valence-electron chi connectivity index (χ2n) is 5.11. The van der Waals surface area contributed by atoms with E-state index in [0.29, 0.717) is 6.61 Å². The molecule has 1 atom stereocenters. The molecule has 3 N–H and O–H groups in total. The van der Waals surface area contributed by atoms with E-state index < -0.39 is 0 Å². The van der Waals surface area contributed by atoms with Gasteiger partial charge in [0.2, 0.25) is 0 Å². The molecular formula is C14H19N3O2. The normalized spacial score (nSPS) is 22.1. The summed E-state index contributed by atoms with van der Waals surface area (Å²) in [5.74, 6) is 0. The molecule has 0 saturated carbocycles. The largest absolute Gasteiger partial charge is 0.398 e. The number of fused-ring (bicyclic) bond motifs is 1. The van der Waals surface area contributed by atoms with Crippen molar-refractivity contribution in [3.8, 4) is 0 Å². The van der Waals surface area contributed by atoms with Crippen LogP contribution in [0.15, 0.2) is 18.2 Å². The molecule has 1 fully saturated rings. The number of amides is 2. The maximum atomic E-state index is 12.3. The lowest BCUT2D eigenvalue weighted by Crippen LogP contribution is -2.47. The Morgan fingerprint density at radius 2 is 2.37 bits per heavy atom. The van der Waals surface area contributed by atoms with Gasteiger partial charge >= 0.3 is 6.03 Å². The second kappa shape index (κ2) is 5.09. The highest BCUT2D eigenvalue weighted by molar-refractivity contribution is 5.94. The van der Waals surface area contributed by atoms with Crippen LogP contribution in [-0.2, 0) is 11.2 Å². The summed E-state index contributed by atoms with van der Waals surface area (Å²) < 4.78 is 5.28. The summed E-state index contributed by atoms with van der Waals surface area (Å²) in [4.78, 5) is 14.1. The average molecular weight is 261 g/mol. The van der Waals surface area contributed by atoms with Crippen molar-refractivity contribution in [1.29, 1.82) is 0 Å². The van der Waals surface area contributed by atoms with Crippen molar-refractivity contribution in [2.75, 3.05) is 30.4 Å². The first-order chi connectivity index (χ1) is 9.25. The van der Waals surface area contributed by atoms with E-state index in [4.69, 9.17) is 10.5 Å². The Kier molecular flexibility index (Phi) is 3.29. The van der Waals surface area contributed by atoms with E-state index in [0.717, 1.165) is 49.4 Å². The smallest absolute Gasteiger partial charge is 0.322 e. The summed E-state index contributed by atoms with van der Waals surface area (Å²) in [5, 5.41) is 3.03. The molecule has 0 spiro atoms. The van der Waals surface area contributed by atoms with Crippen LogP contribution < -0.4 is 16.0 Å². The number of carbonyl (C=O) groups is 1. The predicted molar refractivity (Wildman–Crippen MR) is 74.3 cm³/mol. The zero-order valence-corrected chi connectivity index (χ0v) is 10.9. The molecule has 1 unspecified atom stereocenters. The lowest BCUT2D eigenvalue weighted by Gasteiger charge is -2.31. The molecule has 1 aromatic rings. The van der Waals surface area contributed by atoms with Crippen LogP contribution in [0, 0.1) is 0 Å². The summed E-state index contributed by atoms with van der Waals surface area (Å²) in [6.07, 6.45) is 2.79. The number of hydrogen-bond donors (Lipinski definition) is 2. The van der Waals surface area contributed by atoms with Crippen molar-refractivity contribution in [2.24, 2.45) is 0 Å². The van der Waals surface area contributed by atoms with Crippen molar-refractivity contribution in [3.63, 3.8) is 0 Å². The number of benzene rings is 1. The van der Waals surface area contributed by atoms with E-state index in [-0.39, 0.29) is 12.1 Å². The van der Waals surface area contributed by atoms with Crippen molar-refractivity contribution in [2.45, 2.75) is 25.3 Å². The van der Waals surface area contributed by atoms with Crippen molar-refractivity contribution in [3.05, 3.63) is 23.8 Å². The Morgan fingerprint density at radius 1 is 1.47 bits per heavy atom. The molecule has 0 bridgehead atoms. The lowest BCUT2D eigenvalue weighted by atomic mass is 10.0. The van der Waals surface area contributed by atoms with Crippen molar-refractivity contribution < 1.29 is 9.53 Å². The molecule has 0 aliphatic carbocycles. The van der Waals surface area contributed by atoms with Crippen LogP contribution >= 0.6 is 0 Å². The first-order valence-corrected chi connectivity index (χ1v) is 6.79. The fraction of sp³-hybridized carbons (Fsp3) is 0.500. The van der Waals surface area contributed by atoms with E-state index in [1.54, 1.807) is 4.90 Å². The third kappa shape index (κ3) is 2.38. The second-order valence-corrected chi connectivity index (χ2v) is 5.11. The monoisotopic (exact) mass is 261 g/mol. The summed E-state index contributed by atoms with van der Waals surface area (Å²) in [7, 11) is 0. The SMILES string of the molecule is Nc1cccc2c1CCCN2C(=O)NC1CCOC1. The van der Waals surface area contributed by atoms with Gasteiger partial charge in [0.1, 0.15) is 0 Å². The van der Waals surface area contributed by atoms with E-state index in [9.17, 15) is 4.79 Å². The van der Waals surface area contributed by atoms with Crippen molar-refractivity contribution in [1.82, 2.24) is 5.32 Å². The highest BCUT2D eigenvalue weighted by atomic mass is 16.5. The first kappa shape index (κ1) is 12.3. The zero-order chi connectivity index (χ0) is 13.2. The molecule has 19 heavy (non-hydrogen) atoms. The molecular weight excluding hydrogens is 242 g/mol. The number of ether oxygens (including phenoxy) is 1. The molecule has 2 amide bonds. The molecule has 1 saturated heterocycles. The molecule has 2 aliphatic heterocycles. The van der Waals surface area contributed by atoms with Crippen LogP contribution in [0.25, 0.3) is 0 Å². The van der Waals surface area contributed by atoms with Gasteiger partial charge in [-0.05, 0) is 37.0 Å². The summed E-state index contributed by atoms with van der Waals surface area (Å²) in [5.41, 5.74) is 8.80. The Morgan fingerprint density at radius 3 is 3.16 bits per heavy atom. The van der Waals surface area contributed by atoms with Crippen LogP contribution in [0.3, 0.4) is 0 Å². The summed E-state index contributed by atoms with van der Waals surface area (Å²) in [6.45, 7) is 2.09. The Hall–Kier alpha value is -1.75. The molecule has 5 heteroatoms. The molecule has 3 rings (SSSR count). The van der Waals surface area contributed by atoms with Gasteiger partial charge in [0.25, 0.3) is 0 Å².